The quantitative estimate of drug-likeness (QED) is 0.487. The molecule has 2 amide bonds. The fourth-order valence-corrected chi connectivity index (χ4v) is 1.76. The van der Waals surface area contributed by atoms with Gasteiger partial charge in [0.2, 0.25) is 0 Å². The van der Waals surface area contributed by atoms with E-state index in [-0.39, 0.29) is 25.2 Å². The second-order valence-corrected chi connectivity index (χ2v) is 4.40. The zero-order valence-electron chi connectivity index (χ0n) is 10.2. The second kappa shape index (κ2) is 7.17. The van der Waals surface area contributed by atoms with E-state index in [9.17, 15) is 9.59 Å². The van der Waals surface area contributed by atoms with E-state index < -0.39 is 12.1 Å². The Morgan fingerprint density at radius 1 is 1.39 bits per heavy atom. The molecule has 7 heteroatoms. The van der Waals surface area contributed by atoms with Crippen LogP contribution in [0, 0.1) is 0 Å². The molecule has 0 aromatic heterocycles. The largest absolute Gasteiger partial charge is 0.479 e. The van der Waals surface area contributed by atoms with Crippen LogP contribution in [0.1, 0.15) is 25.7 Å². The summed E-state index contributed by atoms with van der Waals surface area (Å²) in [5.41, 5.74) is 0. The molecule has 0 aromatic carbocycles. The molecule has 1 unspecified atom stereocenters. The fourth-order valence-electron chi connectivity index (χ4n) is 1.76. The van der Waals surface area contributed by atoms with Crippen molar-refractivity contribution in [1.82, 2.24) is 10.2 Å². The van der Waals surface area contributed by atoms with Crippen molar-refractivity contribution in [2.24, 2.45) is 0 Å². The van der Waals surface area contributed by atoms with E-state index in [2.05, 4.69) is 5.32 Å². The zero-order chi connectivity index (χ0) is 13.5. The number of urea groups is 1. The summed E-state index contributed by atoms with van der Waals surface area (Å²) in [7, 11) is 0. The molecule has 1 rings (SSSR count). The average molecular weight is 260 g/mol. The summed E-state index contributed by atoms with van der Waals surface area (Å²) in [4.78, 5) is 23.9. The van der Waals surface area contributed by atoms with Crippen LogP contribution in [0.5, 0.6) is 0 Å². The number of aliphatic carboxylic acids is 1. The SMILES string of the molecule is O=C(O)C(O)CNC(=O)N(CCCO)C1CCC1. The Morgan fingerprint density at radius 2 is 2.06 bits per heavy atom. The van der Waals surface area contributed by atoms with Crippen LogP contribution in [0.4, 0.5) is 4.79 Å². The summed E-state index contributed by atoms with van der Waals surface area (Å²) in [5, 5.41) is 28.7. The molecule has 18 heavy (non-hydrogen) atoms. The van der Waals surface area contributed by atoms with Crippen LogP contribution in [0.15, 0.2) is 0 Å². The first kappa shape index (κ1) is 14.7. The van der Waals surface area contributed by atoms with Crippen molar-refractivity contribution in [1.29, 1.82) is 0 Å². The molecule has 1 aliphatic carbocycles. The Morgan fingerprint density at radius 3 is 2.50 bits per heavy atom. The van der Waals surface area contributed by atoms with Crippen LogP contribution in [0.25, 0.3) is 0 Å². The predicted octanol–water partition coefficient (Wildman–Crippen LogP) is -0.622. The van der Waals surface area contributed by atoms with Gasteiger partial charge in [0.1, 0.15) is 0 Å². The minimum Gasteiger partial charge on any atom is -0.479 e. The predicted molar refractivity (Wildman–Crippen MR) is 63.1 cm³/mol. The van der Waals surface area contributed by atoms with Crippen LogP contribution < -0.4 is 5.32 Å². The molecule has 0 radical (unpaired) electrons. The second-order valence-electron chi connectivity index (χ2n) is 4.40. The van der Waals surface area contributed by atoms with E-state index in [0.29, 0.717) is 13.0 Å². The Hall–Kier alpha value is -1.34. The minimum atomic E-state index is -1.59. The van der Waals surface area contributed by atoms with Crippen molar-refractivity contribution in [2.45, 2.75) is 37.8 Å². The summed E-state index contributed by atoms with van der Waals surface area (Å²) in [6, 6.07) is -0.216. The molecule has 0 aliphatic heterocycles. The average Bonchev–Trinajstić information content (AvgIpc) is 2.28. The van der Waals surface area contributed by atoms with Gasteiger partial charge < -0.3 is 25.5 Å². The molecule has 1 aliphatic rings. The lowest BCUT2D eigenvalue weighted by Crippen LogP contribution is -2.51. The van der Waals surface area contributed by atoms with Crippen molar-refractivity contribution in [3.63, 3.8) is 0 Å². The number of carboxylic acid groups (broad SMARTS) is 1. The summed E-state index contributed by atoms with van der Waals surface area (Å²) in [6.45, 7) is 0.140. The van der Waals surface area contributed by atoms with Gasteiger partial charge in [-0.25, -0.2) is 9.59 Å². The first-order valence-electron chi connectivity index (χ1n) is 6.12. The van der Waals surface area contributed by atoms with Crippen molar-refractivity contribution in [2.75, 3.05) is 19.7 Å². The highest BCUT2D eigenvalue weighted by Crippen LogP contribution is 2.24. The van der Waals surface area contributed by atoms with E-state index in [1.54, 1.807) is 4.90 Å². The van der Waals surface area contributed by atoms with Crippen molar-refractivity contribution in [3.8, 4) is 0 Å². The Bertz CT molecular complexity index is 293. The molecule has 104 valence electrons. The van der Waals surface area contributed by atoms with E-state index in [1.165, 1.54) is 0 Å². The number of nitrogens with one attached hydrogen (secondary N) is 1. The zero-order valence-corrected chi connectivity index (χ0v) is 10.2. The molecule has 4 N–H and O–H groups in total. The monoisotopic (exact) mass is 260 g/mol. The molecular formula is C11H20N2O5. The smallest absolute Gasteiger partial charge is 0.334 e. The van der Waals surface area contributed by atoms with Gasteiger partial charge in [0.25, 0.3) is 0 Å². The number of amides is 2. The maximum absolute atomic E-state index is 11.8. The summed E-state index contributed by atoms with van der Waals surface area (Å²) in [6.07, 6.45) is 1.84. The van der Waals surface area contributed by atoms with Crippen LogP contribution in [-0.4, -0.2) is 64.1 Å². The third-order valence-corrected chi connectivity index (χ3v) is 3.07. The van der Waals surface area contributed by atoms with Gasteiger partial charge in [-0.15, -0.1) is 0 Å². The number of carbonyl (C=O) groups is 2. The number of aliphatic hydroxyl groups excluding tert-OH is 2. The van der Waals surface area contributed by atoms with Gasteiger partial charge in [0.05, 0.1) is 6.54 Å². The molecule has 0 bridgehead atoms. The molecular weight excluding hydrogens is 240 g/mol. The van der Waals surface area contributed by atoms with Crippen molar-refractivity contribution >= 4 is 12.0 Å². The van der Waals surface area contributed by atoms with Gasteiger partial charge in [-0.3, -0.25) is 0 Å². The lowest BCUT2D eigenvalue weighted by Gasteiger charge is -2.37. The number of carbonyl (C=O) groups excluding carboxylic acids is 1. The Balaban J connectivity index is 2.40. The number of carboxylic acids is 1. The van der Waals surface area contributed by atoms with Gasteiger partial charge in [0.15, 0.2) is 6.10 Å². The van der Waals surface area contributed by atoms with E-state index in [4.69, 9.17) is 15.3 Å². The maximum Gasteiger partial charge on any atom is 0.334 e. The van der Waals surface area contributed by atoms with Crippen LogP contribution in [0.3, 0.4) is 0 Å². The summed E-state index contributed by atoms with van der Waals surface area (Å²) < 4.78 is 0. The molecule has 7 nitrogen and oxygen atoms in total. The highest BCUT2D eigenvalue weighted by molar-refractivity contribution is 5.77. The molecule has 1 saturated carbocycles. The third kappa shape index (κ3) is 4.15. The van der Waals surface area contributed by atoms with Gasteiger partial charge in [0, 0.05) is 19.2 Å². The maximum atomic E-state index is 11.8. The fraction of sp³-hybridized carbons (Fsp3) is 0.818. The Labute approximate surface area is 105 Å². The molecule has 1 fully saturated rings. The first-order chi connectivity index (χ1) is 8.56. The minimum absolute atomic E-state index is 0.00819. The summed E-state index contributed by atoms with van der Waals surface area (Å²) >= 11 is 0. The van der Waals surface area contributed by atoms with Crippen LogP contribution in [0.2, 0.25) is 0 Å². The topological polar surface area (TPSA) is 110 Å². The van der Waals surface area contributed by atoms with E-state index in [1.807, 2.05) is 0 Å². The van der Waals surface area contributed by atoms with E-state index in [0.717, 1.165) is 19.3 Å². The standard InChI is InChI=1S/C11H20N2O5/c14-6-2-5-13(8-3-1-4-8)11(18)12-7-9(15)10(16)17/h8-9,14-15H,1-7H2,(H,12,18)(H,16,17). The van der Waals surface area contributed by atoms with Gasteiger partial charge in [-0.1, -0.05) is 0 Å². The van der Waals surface area contributed by atoms with Crippen LogP contribution in [-0.2, 0) is 4.79 Å². The van der Waals surface area contributed by atoms with Gasteiger partial charge in [-0.05, 0) is 25.7 Å². The number of hydrogen-bond donors (Lipinski definition) is 4. The summed E-state index contributed by atoms with van der Waals surface area (Å²) in [5.74, 6) is -1.36. The molecule has 0 aromatic rings. The van der Waals surface area contributed by atoms with Crippen molar-refractivity contribution < 1.29 is 24.9 Å². The normalized spacial score (nSPS) is 16.8. The number of aliphatic hydroxyl groups is 2. The number of nitrogens with zero attached hydrogens (tertiary/aromatic N) is 1. The van der Waals surface area contributed by atoms with Crippen molar-refractivity contribution in [3.05, 3.63) is 0 Å². The highest BCUT2D eigenvalue weighted by atomic mass is 16.4. The molecule has 0 spiro atoms. The van der Waals surface area contributed by atoms with Gasteiger partial charge >= 0.3 is 12.0 Å². The first-order valence-corrected chi connectivity index (χ1v) is 6.12. The highest BCUT2D eigenvalue weighted by Gasteiger charge is 2.28. The van der Waals surface area contributed by atoms with Crippen LogP contribution >= 0.6 is 0 Å². The van der Waals surface area contributed by atoms with E-state index >= 15 is 0 Å². The lowest BCUT2D eigenvalue weighted by molar-refractivity contribution is -0.146. The number of hydrogen-bond acceptors (Lipinski definition) is 4. The molecule has 0 saturated heterocycles. The van der Waals surface area contributed by atoms with Gasteiger partial charge in [-0.2, -0.15) is 0 Å². The molecule has 0 heterocycles. The number of rotatable bonds is 7. The Kier molecular flexibility index (Phi) is 5.87. The molecule has 1 atom stereocenters. The lowest BCUT2D eigenvalue weighted by atomic mass is 9.91. The third-order valence-electron chi connectivity index (χ3n) is 3.07.